The molecule has 0 saturated carbocycles. The average molecular weight is 271 g/mol. The summed E-state index contributed by atoms with van der Waals surface area (Å²) in [6, 6.07) is 9.77. The quantitative estimate of drug-likeness (QED) is 0.879. The molecule has 16 heavy (non-hydrogen) atoms. The van der Waals surface area contributed by atoms with Crippen LogP contribution in [0.1, 0.15) is 18.6 Å². The van der Waals surface area contributed by atoms with E-state index in [2.05, 4.69) is 6.07 Å². The number of hydrogen-bond acceptors (Lipinski definition) is 3. The lowest BCUT2D eigenvalue weighted by Crippen LogP contribution is -1.90. The minimum Gasteiger partial charge on any atom is -0.389 e. The first kappa shape index (κ1) is 12.0. The van der Waals surface area contributed by atoms with Gasteiger partial charge in [-0.3, -0.25) is 0 Å². The van der Waals surface area contributed by atoms with Crippen LogP contribution < -0.4 is 0 Å². The van der Waals surface area contributed by atoms with Gasteiger partial charge >= 0.3 is 0 Å². The minimum atomic E-state index is -0.474. The highest BCUT2D eigenvalue weighted by Crippen LogP contribution is 2.36. The number of aliphatic hydroxyl groups is 1. The molecule has 0 fully saturated rings. The summed E-state index contributed by atoms with van der Waals surface area (Å²) in [5.74, 6) is 0. The Hall–Kier alpha value is -0.480. The van der Waals surface area contributed by atoms with Crippen LogP contribution in [0.5, 0.6) is 0 Å². The number of benzene rings is 1. The third-order valence-electron chi connectivity index (χ3n) is 2.14. The fraction of sp³-hybridized carbons (Fsp3) is 0.167. The van der Waals surface area contributed by atoms with Gasteiger partial charge in [0.15, 0.2) is 0 Å². The zero-order valence-corrected chi connectivity index (χ0v) is 11.1. The molecule has 0 aliphatic rings. The van der Waals surface area contributed by atoms with E-state index in [1.54, 1.807) is 30.0 Å². The summed E-state index contributed by atoms with van der Waals surface area (Å²) in [5, 5.41) is 12.2. The van der Waals surface area contributed by atoms with Crippen LogP contribution in [-0.4, -0.2) is 5.11 Å². The van der Waals surface area contributed by atoms with E-state index in [1.165, 1.54) is 4.21 Å². The first-order chi connectivity index (χ1) is 7.66. The lowest BCUT2D eigenvalue weighted by molar-refractivity contribution is 0.199. The molecule has 1 heterocycles. The minimum absolute atomic E-state index is 0.474. The maximum atomic E-state index is 9.43. The van der Waals surface area contributed by atoms with Gasteiger partial charge in [0.2, 0.25) is 0 Å². The zero-order valence-electron chi connectivity index (χ0n) is 8.68. The van der Waals surface area contributed by atoms with Crippen LogP contribution >= 0.6 is 34.7 Å². The molecule has 2 aromatic rings. The Morgan fingerprint density at radius 1 is 1.38 bits per heavy atom. The van der Waals surface area contributed by atoms with Crippen molar-refractivity contribution >= 4 is 34.7 Å². The molecule has 1 aromatic heterocycles. The van der Waals surface area contributed by atoms with E-state index in [-0.39, 0.29) is 0 Å². The number of rotatable bonds is 3. The second-order valence-corrected chi connectivity index (χ2v) is 6.10. The summed E-state index contributed by atoms with van der Waals surface area (Å²) in [6.45, 7) is 1.73. The Kier molecular flexibility index (Phi) is 3.92. The van der Waals surface area contributed by atoms with E-state index in [4.69, 9.17) is 11.6 Å². The van der Waals surface area contributed by atoms with E-state index in [1.807, 2.05) is 29.6 Å². The van der Waals surface area contributed by atoms with Crippen molar-refractivity contribution in [1.29, 1.82) is 0 Å². The van der Waals surface area contributed by atoms with Gasteiger partial charge in [-0.1, -0.05) is 35.5 Å². The summed E-state index contributed by atoms with van der Waals surface area (Å²) in [5.41, 5.74) is 0.848. The van der Waals surface area contributed by atoms with Gasteiger partial charge in [0.05, 0.1) is 15.3 Å². The number of aliphatic hydroxyl groups excluding tert-OH is 1. The van der Waals surface area contributed by atoms with Crippen molar-refractivity contribution in [2.75, 3.05) is 0 Å². The zero-order chi connectivity index (χ0) is 11.5. The first-order valence-corrected chi connectivity index (χ1v) is 6.93. The van der Waals surface area contributed by atoms with Crippen LogP contribution in [0.2, 0.25) is 5.02 Å². The van der Waals surface area contributed by atoms with Crippen LogP contribution in [0.15, 0.2) is 44.8 Å². The molecule has 0 saturated heterocycles. The van der Waals surface area contributed by atoms with E-state index < -0.39 is 6.10 Å². The molecule has 1 atom stereocenters. The Balaban J connectivity index is 2.23. The van der Waals surface area contributed by atoms with Gasteiger partial charge in [0.25, 0.3) is 0 Å². The molecule has 0 radical (unpaired) electrons. The van der Waals surface area contributed by atoms with Gasteiger partial charge in [-0.05, 0) is 36.1 Å². The van der Waals surface area contributed by atoms with E-state index in [0.717, 1.165) is 10.5 Å². The van der Waals surface area contributed by atoms with Crippen molar-refractivity contribution in [3.05, 3.63) is 46.3 Å². The third kappa shape index (κ3) is 2.80. The molecular weight excluding hydrogens is 260 g/mol. The van der Waals surface area contributed by atoms with Crippen molar-refractivity contribution in [2.24, 2.45) is 0 Å². The monoisotopic (exact) mass is 270 g/mol. The lowest BCUT2D eigenvalue weighted by atomic mass is 10.1. The smallest absolute Gasteiger partial charge is 0.0762 e. The molecule has 4 heteroatoms. The second kappa shape index (κ2) is 5.23. The van der Waals surface area contributed by atoms with Crippen molar-refractivity contribution in [3.63, 3.8) is 0 Å². The van der Waals surface area contributed by atoms with Gasteiger partial charge in [-0.15, -0.1) is 11.3 Å². The topological polar surface area (TPSA) is 20.2 Å². The van der Waals surface area contributed by atoms with Gasteiger partial charge in [0, 0.05) is 4.90 Å². The summed E-state index contributed by atoms with van der Waals surface area (Å²) in [7, 11) is 0. The number of thiophene rings is 1. The maximum absolute atomic E-state index is 9.43. The van der Waals surface area contributed by atoms with E-state index in [9.17, 15) is 5.11 Å². The Labute approximate surface area is 108 Å². The summed E-state index contributed by atoms with van der Waals surface area (Å²) in [6.07, 6.45) is -0.474. The van der Waals surface area contributed by atoms with Gasteiger partial charge in [-0.25, -0.2) is 0 Å². The fourth-order valence-corrected chi connectivity index (χ4v) is 3.33. The van der Waals surface area contributed by atoms with Gasteiger partial charge < -0.3 is 5.11 Å². The van der Waals surface area contributed by atoms with Crippen molar-refractivity contribution in [2.45, 2.75) is 22.1 Å². The number of hydrogen-bond donors (Lipinski definition) is 1. The summed E-state index contributed by atoms with van der Waals surface area (Å²) in [4.78, 5) is 1.02. The molecule has 0 spiro atoms. The predicted molar refractivity (Wildman–Crippen MR) is 70.5 cm³/mol. The molecule has 84 valence electrons. The molecule has 1 unspecified atom stereocenters. The van der Waals surface area contributed by atoms with E-state index >= 15 is 0 Å². The van der Waals surface area contributed by atoms with Crippen LogP contribution in [0.25, 0.3) is 0 Å². The van der Waals surface area contributed by atoms with Crippen LogP contribution in [-0.2, 0) is 0 Å². The summed E-state index contributed by atoms with van der Waals surface area (Å²) < 4.78 is 1.21. The highest BCUT2D eigenvalue weighted by Gasteiger charge is 2.07. The SMILES string of the molecule is CC(O)c1ccc(Sc2cccs2)c(Cl)c1. The maximum Gasteiger partial charge on any atom is 0.0762 e. The molecule has 2 rings (SSSR count). The predicted octanol–water partition coefficient (Wildman–Crippen LogP) is 4.61. The molecule has 1 aromatic carbocycles. The Morgan fingerprint density at radius 2 is 2.19 bits per heavy atom. The van der Waals surface area contributed by atoms with Crippen molar-refractivity contribution in [3.8, 4) is 0 Å². The van der Waals surface area contributed by atoms with Gasteiger partial charge in [-0.2, -0.15) is 0 Å². The highest BCUT2D eigenvalue weighted by molar-refractivity contribution is 8.01. The highest BCUT2D eigenvalue weighted by atomic mass is 35.5. The average Bonchev–Trinajstić information content (AvgIpc) is 2.73. The van der Waals surface area contributed by atoms with E-state index in [0.29, 0.717) is 5.02 Å². The molecule has 0 aliphatic heterocycles. The largest absolute Gasteiger partial charge is 0.389 e. The molecule has 0 bridgehead atoms. The van der Waals surface area contributed by atoms with Crippen LogP contribution in [0, 0.1) is 0 Å². The normalized spacial score (nSPS) is 12.7. The second-order valence-electron chi connectivity index (χ2n) is 3.40. The van der Waals surface area contributed by atoms with Crippen molar-refractivity contribution < 1.29 is 5.11 Å². The van der Waals surface area contributed by atoms with Crippen LogP contribution in [0.4, 0.5) is 0 Å². The van der Waals surface area contributed by atoms with Crippen molar-refractivity contribution in [1.82, 2.24) is 0 Å². The van der Waals surface area contributed by atoms with Gasteiger partial charge in [0.1, 0.15) is 0 Å². The molecule has 0 amide bonds. The number of halogens is 1. The molecule has 1 N–H and O–H groups in total. The lowest BCUT2D eigenvalue weighted by Gasteiger charge is -2.07. The first-order valence-electron chi connectivity index (χ1n) is 4.85. The molecule has 1 nitrogen and oxygen atoms in total. The standard InChI is InChI=1S/C12H11ClOS2/c1-8(14)9-4-5-11(10(13)7-9)16-12-3-2-6-15-12/h2-8,14H,1H3. The molecule has 0 aliphatic carbocycles. The Morgan fingerprint density at radius 3 is 2.75 bits per heavy atom. The summed E-state index contributed by atoms with van der Waals surface area (Å²) >= 11 is 9.50. The van der Waals surface area contributed by atoms with Crippen LogP contribution in [0.3, 0.4) is 0 Å². The Bertz CT molecular complexity index is 466. The third-order valence-corrected chi connectivity index (χ3v) is 4.68. The fourth-order valence-electron chi connectivity index (χ4n) is 1.29. The molecular formula is C12H11ClOS2.